The summed E-state index contributed by atoms with van der Waals surface area (Å²) in [6.07, 6.45) is 0. The van der Waals surface area contributed by atoms with Gasteiger partial charge in [-0.3, -0.25) is 9.78 Å². The zero-order valence-corrected chi connectivity index (χ0v) is 14.6. The van der Waals surface area contributed by atoms with Crippen LogP contribution in [0.15, 0.2) is 47.3 Å². The molecule has 134 valence electrons. The minimum atomic E-state index is -0.507. The normalized spacial score (nSPS) is 12.3. The first kappa shape index (κ1) is 16.7. The zero-order valence-electron chi connectivity index (χ0n) is 14.6. The van der Waals surface area contributed by atoms with Gasteiger partial charge in [-0.2, -0.15) is 5.26 Å². The van der Waals surface area contributed by atoms with E-state index >= 15 is 0 Å². The first-order valence-corrected chi connectivity index (χ1v) is 8.42. The molecular formula is C20H16N4O3. The topological polar surface area (TPSA) is 100 Å². The fourth-order valence-electron chi connectivity index (χ4n) is 2.81. The smallest absolute Gasteiger partial charge is 0.270 e. The van der Waals surface area contributed by atoms with E-state index in [0.717, 1.165) is 11.3 Å². The second kappa shape index (κ2) is 6.84. The van der Waals surface area contributed by atoms with E-state index in [4.69, 9.17) is 9.47 Å². The lowest BCUT2D eigenvalue weighted by molar-refractivity contribution is 0.171. The Balaban J connectivity index is 1.77. The number of hydrogen-bond donors (Lipinski definition) is 2. The van der Waals surface area contributed by atoms with Crippen molar-refractivity contribution in [3.63, 3.8) is 0 Å². The van der Waals surface area contributed by atoms with Crippen molar-refractivity contribution in [1.82, 2.24) is 9.97 Å². The maximum Gasteiger partial charge on any atom is 0.270 e. The lowest BCUT2D eigenvalue weighted by atomic mass is 10.1. The highest BCUT2D eigenvalue weighted by atomic mass is 16.6. The van der Waals surface area contributed by atoms with Crippen LogP contribution >= 0.6 is 0 Å². The van der Waals surface area contributed by atoms with Gasteiger partial charge in [-0.1, -0.05) is 17.7 Å². The maximum atomic E-state index is 12.4. The van der Waals surface area contributed by atoms with E-state index in [9.17, 15) is 10.1 Å². The van der Waals surface area contributed by atoms with Crippen LogP contribution in [0.5, 0.6) is 11.5 Å². The van der Waals surface area contributed by atoms with Crippen molar-refractivity contribution in [3.8, 4) is 28.8 Å². The Hall–Kier alpha value is -3.79. The third-order valence-electron chi connectivity index (χ3n) is 4.16. The van der Waals surface area contributed by atoms with Crippen LogP contribution in [0, 0.1) is 18.3 Å². The van der Waals surface area contributed by atoms with Gasteiger partial charge in [-0.25, -0.2) is 4.98 Å². The zero-order chi connectivity index (χ0) is 18.8. The molecule has 0 saturated heterocycles. The van der Waals surface area contributed by atoms with Crippen LogP contribution in [0.2, 0.25) is 0 Å². The Kier molecular flexibility index (Phi) is 4.22. The molecule has 4 rings (SSSR count). The number of nitrogens with zero attached hydrogens (tertiary/aromatic N) is 2. The highest BCUT2D eigenvalue weighted by Gasteiger charge is 2.17. The number of rotatable bonds is 3. The summed E-state index contributed by atoms with van der Waals surface area (Å²) >= 11 is 0. The first-order valence-electron chi connectivity index (χ1n) is 8.42. The second-order valence-electron chi connectivity index (χ2n) is 6.10. The van der Waals surface area contributed by atoms with Gasteiger partial charge < -0.3 is 14.8 Å². The lowest BCUT2D eigenvalue weighted by Crippen LogP contribution is -2.17. The summed E-state index contributed by atoms with van der Waals surface area (Å²) in [5.74, 6) is 1.46. The molecule has 7 nitrogen and oxygen atoms in total. The van der Waals surface area contributed by atoms with Gasteiger partial charge in [0, 0.05) is 11.3 Å². The molecule has 27 heavy (non-hydrogen) atoms. The average Bonchev–Trinajstić information content (AvgIpc) is 2.69. The molecule has 2 aromatic carbocycles. The number of anilines is 2. The van der Waals surface area contributed by atoms with Gasteiger partial charge in [0.1, 0.15) is 24.8 Å². The molecule has 2 N–H and O–H groups in total. The van der Waals surface area contributed by atoms with Crippen LogP contribution in [0.3, 0.4) is 0 Å². The molecule has 0 saturated carbocycles. The van der Waals surface area contributed by atoms with E-state index in [1.54, 1.807) is 18.2 Å². The summed E-state index contributed by atoms with van der Waals surface area (Å²) in [7, 11) is 0. The van der Waals surface area contributed by atoms with Gasteiger partial charge in [0.25, 0.3) is 5.56 Å². The minimum absolute atomic E-state index is 0.0545. The highest BCUT2D eigenvalue weighted by Crippen LogP contribution is 2.34. The van der Waals surface area contributed by atoms with Gasteiger partial charge >= 0.3 is 0 Å². The molecule has 0 radical (unpaired) electrons. The fraction of sp³-hybridized carbons (Fsp3) is 0.150. The van der Waals surface area contributed by atoms with Gasteiger partial charge in [0.2, 0.25) is 5.95 Å². The molecule has 0 spiro atoms. The molecular weight excluding hydrogens is 344 g/mol. The molecule has 7 heteroatoms. The van der Waals surface area contributed by atoms with Crippen molar-refractivity contribution < 1.29 is 9.47 Å². The largest absolute Gasteiger partial charge is 0.486 e. The van der Waals surface area contributed by atoms with E-state index in [-0.39, 0.29) is 17.2 Å². The van der Waals surface area contributed by atoms with Gasteiger partial charge in [0.05, 0.1) is 5.69 Å². The summed E-state index contributed by atoms with van der Waals surface area (Å²) in [6, 6.07) is 14.8. The van der Waals surface area contributed by atoms with Crippen molar-refractivity contribution in [2.75, 3.05) is 18.5 Å². The average molecular weight is 360 g/mol. The number of benzene rings is 2. The van der Waals surface area contributed by atoms with Crippen LogP contribution in [0.25, 0.3) is 11.3 Å². The highest BCUT2D eigenvalue weighted by molar-refractivity contribution is 5.70. The molecule has 1 aromatic heterocycles. The number of nitrogens with one attached hydrogen (secondary N) is 2. The van der Waals surface area contributed by atoms with Gasteiger partial charge in [-0.05, 0) is 37.3 Å². The van der Waals surface area contributed by atoms with E-state index in [1.165, 1.54) is 0 Å². The molecule has 0 fully saturated rings. The van der Waals surface area contributed by atoms with Crippen LogP contribution in [0.4, 0.5) is 11.6 Å². The summed E-state index contributed by atoms with van der Waals surface area (Å²) < 4.78 is 11.1. The van der Waals surface area contributed by atoms with E-state index in [2.05, 4.69) is 15.3 Å². The number of ether oxygens (including phenoxy) is 2. The molecule has 1 aliphatic rings. The van der Waals surface area contributed by atoms with Gasteiger partial charge in [-0.15, -0.1) is 0 Å². The third-order valence-corrected chi connectivity index (χ3v) is 4.16. The quantitative estimate of drug-likeness (QED) is 0.744. The Morgan fingerprint density at radius 3 is 2.59 bits per heavy atom. The van der Waals surface area contributed by atoms with Crippen LogP contribution < -0.4 is 20.3 Å². The van der Waals surface area contributed by atoms with Crippen LogP contribution in [-0.2, 0) is 0 Å². The predicted molar refractivity (Wildman–Crippen MR) is 100 cm³/mol. The van der Waals surface area contributed by atoms with E-state index in [1.807, 2.05) is 37.3 Å². The monoisotopic (exact) mass is 360 g/mol. The SMILES string of the molecule is Cc1ccc(Nc2nc(-c3ccc4c(c3)OCCO4)c(C#N)c(=O)[nH]2)cc1. The molecule has 2 heterocycles. The summed E-state index contributed by atoms with van der Waals surface area (Å²) in [6.45, 7) is 2.93. The number of aryl methyl sites for hydroxylation is 1. The van der Waals surface area contributed by atoms with Crippen molar-refractivity contribution in [2.24, 2.45) is 0 Å². The number of H-pyrrole nitrogens is 1. The first-order chi connectivity index (χ1) is 13.1. The maximum absolute atomic E-state index is 12.4. The Morgan fingerprint density at radius 2 is 1.85 bits per heavy atom. The Morgan fingerprint density at radius 1 is 1.11 bits per heavy atom. The Labute approximate surface area is 155 Å². The van der Waals surface area contributed by atoms with E-state index < -0.39 is 5.56 Å². The lowest BCUT2D eigenvalue weighted by Gasteiger charge is -2.19. The molecule has 0 amide bonds. The standard InChI is InChI=1S/C20H16N4O3/c1-12-2-5-14(6-3-12)22-20-23-18(15(11-21)19(25)24-20)13-4-7-16-17(10-13)27-9-8-26-16/h2-7,10H,8-9H2,1H3,(H2,22,23,24,25). The molecule has 1 aliphatic heterocycles. The number of hydrogen-bond acceptors (Lipinski definition) is 6. The molecule has 0 bridgehead atoms. The van der Waals surface area contributed by atoms with E-state index in [0.29, 0.717) is 30.3 Å². The fourth-order valence-corrected chi connectivity index (χ4v) is 2.81. The minimum Gasteiger partial charge on any atom is -0.486 e. The third kappa shape index (κ3) is 3.33. The van der Waals surface area contributed by atoms with Crippen molar-refractivity contribution in [2.45, 2.75) is 6.92 Å². The molecule has 3 aromatic rings. The summed E-state index contributed by atoms with van der Waals surface area (Å²) in [5.41, 5.74) is 2.23. The number of aromatic amines is 1. The van der Waals surface area contributed by atoms with Crippen molar-refractivity contribution >= 4 is 11.6 Å². The van der Waals surface area contributed by atoms with Gasteiger partial charge in [0.15, 0.2) is 11.5 Å². The van der Waals surface area contributed by atoms with Crippen molar-refractivity contribution in [3.05, 3.63) is 63.9 Å². The predicted octanol–water partition coefficient (Wildman–Crippen LogP) is 3.13. The Bertz CT molecular complexity index is 1100. The van der Waals surface area contributed by atoms with Crippen LogP contribution in [0.1, 0.15) is 11.1 Å². The van der Waals surface area contributed by atoms with Crippen LogP contribution in [-0.4, -0.2) is 23.2 Å². The molecule has 0 aliphatic carbocycles. The summed E-state index contributed by atoms with van der Waals surface area (Å²) in [4.78, 5) is 19.4. The summed E-state index contributed by atoms with van der Waals surface area (Å²) in [5, 5.41) is 12.5. The van der Waals surface area contributed by atoms with Crippen molar-refractivity contribution in [1.29, 1.82) is 5.26 Å². The number of nitriles is 1. The molecule has 0 atom stereocenters. The number of fused-ring (bicyclic) bond motifs is 1. The molecule has 0 unspecified atom stereocenters. The number of aromatic nitrogens is 2. The second-order valence-corrected chi connectivity index (χ2v) is 6.10.